The number of hydrogen-bond acceptors (Lipinski definition) is 10. The number of carbonyl (C=O) groups is 1. The zero-order chi connectivity index (χ0) is 28.0. The second kappa shape index (κ2) is 15.1. The summed E-state index contributed by atoms with van der Waals surface area (Å²) < 4.78 is 5.14. The molecule has 0 aliphatic rings. The maximum absolute atomic E-state index is 11.5. The molecule has 0 atom stereocenters. The van der Waals surface area contributed by atoms with Gasteiger partial charge in [-0.25, -0.2) is 4.79 Å². The molecule has 0 amide bonds. The Morgan fingerprint density at radius 2 is 1.10 bits per heavy atom. The molecule has 3 aromatic carbocycles. The van der Waals surface area contributed by atoms with E-state index in [0.717, 1.165) is 11.4 Å². The van der Waals surface area contributed by atoms with Crippen LogP contribution in [0.4, 0.5) is 34.1 Å². The largest absolute Gasteiger partial charge is 0.460 e. The van der Waals surface area contributed by atoms with Crippen LogP contribution in [0.15, 0.2) is 105 Å². The first-order valence-corrected chi connectivity index (χ1v) is 12.5. The fraction of sp³-hybridized carbons (Fsp3) is 0.276. The first-order chi connectivity index (χ1) is 18.9. The van der Waals surface area contributed by atoms with Crippen molar-refractivity contribution < 1.29 is 19.7 Å². The number of esters is 1. The van der Waals surface area contributed by atoms with Crippen LogP contribution in [0, 0.1) is 0 Å². The normalized spacial score (nSPS) is 11.2. The molecule has 0 aliphatic carbocycles. The average molecular weight is 531 g/mol. The first kappa shape index (κ1) is 29.2. The number of nitrogens with zero attached hydrogens (tertiary/aromatic N) is 6. The van der Waals surface area contributed by atoms with E-state index in [2.05, 4.69) is 27.0 Å². The molecule has 0 saturated carbocycles. The third-order valence-electron chi connectivity index (χ3n) is 5.67. The number of benzene rings is 3. The first-order valence-electron chi connectivity index (χ1n) is 12.5. The van der Waals surface area contributed by atoms with E-state index in [-0.39, 0.29) is 25.8 Å². The van der Waals surface area contributed by atoms with Gasteiger partial charge in [0.05, 0.1) is 42.5 Å². The fourth-order valence-corrected chi connectivity index (χ4v) is 3.46. The van der Waals surface area contributed by atoms with E-state index < -0.39 is 0 Å². The Hall–Kier alpha value is -4.41. The van der Waals surface area contributed by atoms with Crippen molar-refractivity contribution in [3.05, 3.63) is 84.9 Å². The molecule has 0 bridgehead atoms. The molecule has 0 spiro atoms. The van der Waals surface area contributed by atoms with Crippen LogP contribution in [0.3, 0.4) is 0 Å². The number of aliphatic hydroxyl groups is 2. The lowest BCUT2D eigenvalue weighted by Crippen LogP contribution is -2.29. The van der Waals surface area contributed by atoms with Crippen LogP contribution in [0.2, 0.25) is 0 Å². The maximum Gasteiger partial charge on any atom is 0.333 e. The standard InChI is InChI=1S/C29H34N6O4/c1-22(2)29(38)39-21-18-34(3)27-12-8-25(9-13-27)32-30-23-4-6-24(7-5-23)31-33-26-10-14-28(15-11-26)35(16-19-36)17-20-37/h4-15,36-37H,1,16-21H2,2-3H3/b32-30+,33-31+. The molecule has 10 heteroatoms. The second-order valence-electron chi connectivity index (χ2n) is 8.72. The van der Waals surface area contributed by atoms with Gasteiger partial charge in [-0.15, -0.1) is 0 Å². The molecule has 2 N–H and O–H groups in total. The van der Waals surface area contributed by atoms with Crippen LogP contribution in [0.1, 0.15) is 6.92 Å². The van der Waals surface area contributed by atoms with E-state index in [1.807, 2.05) is 89.6 Å². The SMILES string of the molecule is C=C(C)C(=O)OCCN(C)c1ccc(/N=N/c2ccc(/N=N/c3ccc(N(CCO)CCO)cc3)cc2)cc1. The van der Waals surface area contributed by atoms with Crippen molar-refractivity contribution in [1.29, 1.82) is 0 Å². The van der Waals surface area contributed by atoms with Gasteiger partial charge in [0.1, 0.15) is 6.61 Å². The summed E-state index contributed by atoms with van der Waals surface area (Å²) in [5.74, 6) is -0.386. The molecule has 39 heavy (non-hydrogen) atoms. The quantitative estimate of drug-likeness (QED) is 0.153. The molecule has 3 rings (SSSR count). The van der Waals surface area contributed by atoms with E-state index >= 15 is 0 Å². The van der Waals surface area contributed by atoms with Crippen LogP contribution in [-0.4, -0.2) is 62.7 Å². The molecule has 0 unspecified atom stereocenters. The Balaban J connectivity index is 1.52. The van der Waals surface area contributed by atoms with E-state index in [0.29, 0.717) is 48.0 Å². The van der Waals surface area contributed by atoms with Gasteiger partial charge in [-0.05, 0) is 79.7 Å². The summed E-state index contributed by atoms with van der Waals surface area (Å²) in [5.41, 5.74) is 5.03. The van der Waals surface area contributed by atoms with Gasteiger partial charge in [0.15, 0.2) is 0 Å². The smallest absolute Gasteiger partial charge is 0.333 e. The fourth-order valence-electron chi connectivity index (χ4n) is 3.46. The molecule has 0 heterocycles. The molecule has 10 nitrogen and oxygen atoms in total. The van der Waals surface area contributed by atoms with Gasteiger partial charge in [0.2, 0.25) is 0 Å². The number of aliphatic hydroxyl groups excluding tert-OH is 2. The van der Waals surface area contributed by atoms with Crippen molar-refractivity contribution in [2.24, 2.45) is 20.5 Å². The lowest BCUT2D eigenvalue weighted by atomic mass is 10.2. The highest BCUT2D eigenvalue weighted by Crippen LogP contribution is 2.25. The third kappa shape index (κ3) is 9.44. The summed E-state index contributed by atoms with van der Waals surface area (Å²) in [6, 6.07) is 22.3. The van der Waals surface area contributed by atoms with Crippen LogP contribution >= 0.6 is 0 Å². The third-order valence-corrected chi connectivity index (χ3v) is 5.67. The Bertz CT molecular complexity index is 1250. The molecular formula is C29H34N6O4. The molecular weight excluding hydrogens is 496 g/mol. The summed E-state index contributed by atoms with van der Waals surface area (Å²) >= 11 is 0. The highest BCUT2D eigenvalue weighted by atomic mass is 16.5. The van der Waals surface area contributed by atoms with Gasteiger partial charge < -0.3 is 24.7 Å². The Morgan fingerprint density at radius 3 is 1.49 bits per heavy atom. The summed E-state index contributed by atoms with van der Waals surface area (Å²) in [6.45, 7) is 6.95. The number of anilines is 2. The van der Waals surface area contributed by atoms with Gasteiger partial charge >= 0.3 is 5.97 Å². The minimum atomic E-state index is -0.386. The number of rotatable bonds is 14. The average Bonchev–Trinajstić information content (AvgIpc) is 2.96. The van der Waals surface area contributed by atoms with Gasteiger partial charge in [-0.3, -0.25) is 0 Å². The van der Waals surface area contributed by atoms with Crippen molar-refractivity contribution in [3.8, 4) is 0 Å². The van der Waals surface area contributed by atoms with E-state index in [4.69, 9.17) is 4.74 Å². The highest BCUT2D eigenvalue weighted by molar-refractivity contribution is 5.86. The number of ether oxygens (including phenoxy) is 1. The topological polar surface area (TPSA) is 123 Å². The second-order valence-corrected chi connectivity index (χ2v) is 8.72. The predicted molar refractivity (Wildman–Crippen MR) is 153 cm³/mol. The molecule has 204 valence electrons. The number of carbonyl (C=O) groups excluding carboxylic acids is 1. The Morgan fingerprint density at radius 1 is 0.718 bits per heavy atom. The van der Waals surface area contributed by atoms with Crippen molar-refractivity contribution in [2.45, 2.75) is 6.92 Å². The van der Waals surface area contributed by atoms with Gasteiger partial charge in [0.25, 0.3) is 0 Å². The summed E-state index contributed by atoms with van der Waals surface area (Å²) in [7, 11) is 1.92. The van der Waals surface area contributed by atoms with Crippen LogP contribution in [0.5, 0.6) is 0 Å². The van der Waals surface area contributed by atoms with Crippen LogP contribution < -0.4 is 9.80 Å². The molecule has 0 saturated heterocycles. The van der Waals surface area contributed by atoms with E-state index in [9.17, 15) is 15.0 Å². The summed E-state index contributed by atoms with van der Waals surface area (Å²) in [5, 5.41) is 35.5. The minimum Gasteiger partial charge on any atom is -0.460 e. The zero-order valence-corrected chi connectivity index (χ0v) is 22.3. The Kier molecular flexibility index (Phi) is 11.3. The number of likely N-dealkylation sites (N-methyl/N-ethyl adjacent to an activating group) is 1. The Labute approximate surface area is 228 Å². The summed E-state index contributed by atoms with van der Waals surface area (Å²) in [6.07, 6.45) is 0. The van der Waals surface area contributed by atoms with Crippen molar-refractivity contribution in [2.75, 3.05) is 56.3 Å². The van der Waals surface area contributed by atoms with Gasteiger partial charge in [0, 0.05) is 37.1 Å². The van der Waals surface area contributed by atoms with Crippen molar-refractivity contribution in [3.63, 3.8) is 0 Å². The lowest BCUT2D eigenvalue weighted by Gasteiger charge is -2.22. The molecule has 0 aromatic heterocycles. The highest BCUT2D eigenvalue weighted by Gasteiger charge is 2.06. The maximum atomic E-state index is 11.5. The lowest BCUT2D eigenvalue weighted by molar-refractivity contribution is -0.138. The van der Waals surface area contributed by atoms with Crippen molar-refractivity contribution in [1.82, 2.24) is 0 Å². The minimum absolute atomic E-state index is 0.0126. The van der Waals surface area contributed by atoms with Gasteiger partial charge in [-0.2, -0.15) is 20.5 Å². The summed E-state index contributed by atoms with van der Waals surface area (Å²) in [4.78, 5) is 15.4. The zero-order valence-electron chi connectivity index (χ0n) is 22.3. The number of azo groups is 2. The number of hydrogen-bond donors (Lipinski definition) is 2. The van der Waals surface area contributed by atoms with E-state index in [1.54, 1.807) is 6.92 Å². The van der Waals surface area contributed by atoms with E-state index in [1.165, 1.54) is 0 Å². The predicted octanol–water partition coefficient (Wildman–Crippen LogP) is 5.86. The van der Waals surface area contributed by atoms with Crippen LogP contribution in [0.25, 0.3) is 0 Å². The molecule has 3 aromatic rings. The molecule has 0 aliphatic heterocycles. The monoisotopic (exact) mass is 530 g/mol. The van der Waals surface area contributed by atoms with Gasteiger partial charge in [-0.1, -0.05) is 6.58 Å². The van der Waals surface area contributed by atoms with Crippen LogP contribution in [-0.2, 0) is 9.53 Å². The van der Waals surface area contributed by atoms with Crippen molar-refractivity contribution >= 4 is 40.1 Å². The molecule has 0 radical (unpaired) electrons. The molecule has 0 fully saturated rings.